The predicted molar refractivity (Wildman–Crippen MR) is 200 cm³/mol. The van der Waals surface area contributed by atoms with Crippen LogP contribution in [-0.2, 0) is 11.3 Å². The Morgan fingerprint density at radius 3 is 1.17 bits per heavy atom. The second kappa shape index (κ2) is 39.5. The summed E-state index contributed by atoms with van der Waals surface area (Å²) >= 11 is 0. The third-order valence-electron chi connectivity index (χ3n) is 8.56. The van der Waals surface area contributed by atoms with Crippen molar-refractivity contribution in [2.75, 3.05) is 13.2 Å². The first-order chi connectivity index (χ1) is 22.8. The van der Waals surface area contributed by atoms with Crippen LogP contribution in [0.2, 0.25) is 0 Å². The van der Waals surface area contributed by atoms with Gasteiger partial charge in [-0.25, -0.2) is 0 Å². The highest BCUT2D eigenvalue weighted by Gasteiger charge is 1.97. The summed E-state index contributed by atoms with van der Waals surface area (Å²) in [7, 11) is 0. The summed E-state index contributed by atoms with van der Waals surface area (Å²) in [5.41, 5.74) is 0. The van der Waals surface area contributed by atoms with E-state index in [0.717, 1.165) is 13.2 Å². The number of aldehydes is 1. The number of rotatable bonds is 34. The lowest BCUT2D eigenvalue weighted by Crippen LogP contribution is -1.97. The van der Waals surface area contributed by atoms with Crippen molar-refractivity contribution in [2.45, 2.75) is 200 Å². The number of hydrogen-bond acceptors (Lipinski definition) is 4. The van der Waals surface area contributed by atoms with Gasteiger partial charge in [-0.1, -0.05) is 154 Å². The van der Waals surface area contributed by atoms with Crippen LogP contribution in [0.4, 0.5) is 0 Å². The summed E-state index contributed by atoms with van der Waals surface area (Å²) < 4.78 is 10.6. The van der Waals surface area contributed by atoms with Crippen molar-refractivity contribution in [3.8, 4) is 0 Å². The molecule has 46 heavy (non-hydrogen) atoms. The van der Waals surface area contributed by atoms with Crippen LogP contribution in [0, 0.1) is 0 Å². The largest absolute Gasteiger partial charge is 0.456 e. The molecule has 0 saturated carbocycles. The molecule has 0 aromatic carbocycles. The molecule has 268 valence electrons. The normalized spacial score (nSPS) is 11.5. The highest BCUT2D eigenvalue weighted by Crippen LogP contribution is 2.12. The maximum absolute atomic E-state index is 9.96. The molecule has 0 unspecified atom stereocenters. The minimum atomic E-state index is -0.159. The van der Waals surface area contributed by atoms with Crippen LogP contribution < -0.4 is 0 Å². The van der Waals surface area contributed by atoms with Crippen molar-refractivity contribution in [3.63, 3.8) is 0 Å². The fraction of sp³-hybridized carbons (Fsp3) is 0.786. The van der Waals surface area contributed by atoms with E-state index in [1.165, 1.54) is 186 Å². The predicted octanol–water partition coefficient (Wildman–Crippen LogP) is 13.7. The molecule has 0 aliphatic heterocycles. The topological polar surface area (TPSA) is 59.7 Å². The Labute approximate surface area is 286 Å². The maximum Gasteiger partial charge on any atom is 0.185 e. The molecular weight excluding hydrogens is 568 g/mol. The molecule has 4 heteroatoms. The van der Waals surface area contributed by atoms with Crippen LogP contribution in [-0.4, -0.2) is 24.6 Å². The van der Waals surface area contributed by atoms with E-state index in [2.05, 4.69) is 38.2 Å². The van der Waals surface area contributed by atoms with E-state index in [1.54, 1.807) is 6.07 Å². The molecule has 1 heterocycles. The van der Waals surface area contributed by atoms with Crippen molar-refractivity contribution >= 4 is 6.29 Å². The first-order valence-corrected chi connectivity index (χ1v) is 19.8. The van der Waals surface area contributed by atoms with Gasteiger partial charge in [-0.05, 0) is 76.3 Å². The van der Waals surface area contributed by atoms with Gasteiger partial charge < -0.3 is 14.3 Å². The Bertz CT molecular complexity index is 725. The van der Waals surface area contributed by atoms with Gasteiger partial charge in [0.15, 0.2) is 12.0 Å². The molecule has 0 spiro atoms. The Balaban J connectivity index is 0.00000191. The molecule has 0 aliphatic carbocycles. The van der Waals surface area contributed by atoms with Crippen molar-refractivity contribution in [2.24, 2.45) is 0 Å². The standard InChI is InChI=1S/C36H70O.C6H6O3/c1-3-5-7-9-11-13-15-17-19-21-23-25-27-29-31-33-35-37-36-34-32-30-28-26-24-22-20-18-16-14-12-10-8-6-4-2;7-3-5-1-2-6(4-8)9-5/h17-20H,3-16,21-36H2,1-2H3;1-3,8H,4H2/b19-17-,20-18-;. The summed E-state index contributed by atoms with van der Waals surface area (Å²) in [4.78, 5) is 9.96. The van der Waals surface area contributed by atoms with E-state index in [0.29, 0.717) is 12.0 Å². The Kier molecular flexibility index (Phi) is 38.1. The summed E-state index contributed by atoms with van der Waals surface area (Å²) in [5.74, 6) is 0.663. The molecule has 0 radical (unpaired) electrons. The van der Waals surface area contributed by atoms with Gasteiger partial charge in [0.05, 0.1) is 0 Å². The number of hydrogen-bond donors (Lipinski definition) is 1. The Morgan fingerprint density at radius 1 is 0.522 bits per heavy atom. The van der Waals surface area contributed by atoms with E-state index in [1.807, 2.05) is 0 Å². The second-order valence-electron chi connectivity index (χ2n) is 13.1. The lowest BCUT2D eigenvalue weighted by molar-refractivity contribution is 0.109. The molecule has 0 bridgehead atoms. The molecule has 1 rings (SSSR count). The van der Waals surface area contributed by atoms with Gasteiger partial charge in [-0.3, -0.25) is 4.79 Å². The van der Waals surface area contributed by atoms with Gasteiger partial charge in [-0.2, -0.15) is 0 Å². The monoisotopic (exact) mass is 645 g/mol. The van der Waals surface area contributed by atoms with Crippen LogP contribution in [0.25, 0.3) is 0 Å². The van der Waals surface area contributed by atoms with E-state index in [9.17, 15) is 4.79 Å². The molecule has 4 nitrogen and oxygen atoms in total. The third-order valence-corrected chi connectivity index (χ3v) is 8.56. The molecular formula is C42H76O4. The Morgan fingerprint density at radius 2 is 0.870 bits per heavy atom. The number of allylic oxidation sites excluding steroid dienone is 4. The molecule has 0 fully saturated rings. The molecule has 1 aromatic heterocycles. The second-order valence-corrected chi connectivity index (χ2v) is 13.1. The van der Waals surface area contributed by atoms with Gasteiger partial charge in [0.2, 0.25) is 0 Å². The van der Waals surface area contributed by atoms with Crippen molar-refractivity contribution < 1.29 is 19.1 Å². The molecule has 0 atom stereocenters. The highest BCUT2D eigenvalue weighted by molar-refractivity contribution is 5.70. The first kappa shape index (κ1) is 44.4. The minimum Gasteiger partial charge on any atom is -0.456 e. The van der Waals surface area contributed by atoms with E-state index in [-0.39, 0.29) is 12.4 Å². The smallest absolute Gasteiger partial charge is 0.185 e. The zero-order chi connectivity index (χ0) is 33.4. The average Bonchev–Trinajstić information content (AvgIpc) is 3.56. The van der Waals surface area contributed by atoms with Crippen LogP contribution in [0.3, 0.4) is 0 Å². The lowest BCUT2D eigenvalue weighted by Gasteiger charge is -2.05. The quantitative estimate of drug-likeness (QED) is 0.0461. The molecule has 0 aliphatic rings. The molecule has 1 N–H and O–H groups in total. The third kappa shape index (κ3) is 35.2. The minimum absolute atomic E-state index is 0.159. The number of unbranched alkanes of at least 4 members (excludes halogenated alkanes) is 24. The number of ether oxygens (including phenoxy) is 1. The summed E-state index contributed by atoms with van der Waals surface area (Å²) in [6, 6.07) is 3.07. The van der Waals surface area contributed by atoms with Crippen LogP contribution in [0.15, 0.2) is 40.9 Å². The summed E-state index contributed by atoms with van der Waals surface area (Å²) in [6.45, 7) is 6.38. The lowest BCUT2D eigenvalue weighted by atomic mass is 10.1. The maximum atomic E-state index is 9.96. The molecule has 0 amide bonds. The number of carbonyl (C=O) groups excluding carboxylic acids is 1. The van der Waals surface area contributed by atoms with Crippen LogP contribution >= 0.6 is 0 Å². The van der Waals surface area contributed by atoms with E-state index < -0.39 is 0 Å². The van der Waals surface area contributed by atoms with Gasteiger partial charge in [-0.15, -0.1) is 0 Å². The fourth-order valence-corrected chi connectivity index (χ4v) is 5.55. The highest BCUT2D eigenvalue weighted by atomic mass is 16.5. The zero-order valence-corrected chi connectivity index (χ0v) is 30.6. The Hall–Kier alpha value is -1.65. The fourth-order valence-electron chi connectivity index (χ4n) is 5.55. The van der Waals surface area contributed by atoms with Gasteiger partial charge in [0, 0.05) is 13.2 Å². The number of carbonyl (C=O) groups is 1. The van der Waals surface area contributed by atoms with Gasteiger partial charge in [0.1, 0.15) is 12.4 Å². The zero-order valence-electron chi connectivity index (χ0n) is 30.6. The molecule has 0 saturated heterocycles. The van der Waals surface area contributed by atoms with Crippen LogP contribution in [0.1, 0.15) is 210 Å². The summed E-state index contributed by atoms with van der Waals surface area (Å²) in [6.07, 6.45) is 48.7. The van der Waals surface area contributed by atoms with E-state index in [4.69, 9.17) is 14.3 Å². The van der Waals surface area contributed by atoms with E-state index >= 15 is 0 Å². The number of aliphatic hydroxyl groups excluding tert-OH is 1. The molecule has 1 aromatic rings. The van der Waals surface area contributed by atoms with Gasteiger partial charge in [0.25, 0.3) is 0 Å². The van der Waals surface area contributed by atoms with Crippen molar-refractivity contribution in [3.05, 3.63) is 48.0 Å². The number of furan rings is 1. The van der Waals surface area contributed by atoms with Gasteiger partial charge >= 0.3 is 0 Å². The first-order valence-electron chi connectivity index (χ1n) is 19.8. The van der Waals surface area contributed by atoms with Crippen molar-refractivity contribution in [1.82, 2.24) is 0 Å². The average molecular weight is 645 g/mol. The van der Waals surface area contributed by atoms with Crippen LogP contribution in [0.5, 0.6) is 0 Å². The number of aliphatic hydroxyl groups is 1. The summed E-state index contributed by atoms with van der Waals surface area (Å²) in [5, 5.41) is 8.44. The SMILES string of the molecule is CCCCCCCC/C=C\CCCCCCCCOCCCCCCCC/C=C\CCCCCCCC.O=Cc1ccc(CO)o1. The van der Waals surface area contributed by atoms with Crippen molar-refractivity contribution in [1.29, 1.82) is 0 Å².